The van der Waals surface area contributed by atoms with Gasteiger partial charge < -0.3 is 15.4 Å². The van der Waals surface area contributed by atoms with E-state index in [0.717, 1.165) is 32.1 Å². The van der Waals surface area contributed by atoms with Gasteiger partial charge in [-0.25, -0.2) is 4.99 Å². The van der Waals surface area contributed by atoms with Crippen LogP contribution in [-0.2, 0) is 9.53 Å². The molecule has 0 saturated heterocycles. The summed E-state index contributed by atoms with van der Waals surface area (Å²) in [7, 11) is 1.57. The Bertz CT molecular complexity index is 766. The molecule has 0 atom stereocenters. The molecule has 1 aromatic carbocycles. The molecule has 132 valence electrons. The highest BCUT2D eigenvalue weighted by atomic mass is 16.6. The highest BCUT2D eigenvalue weighted by Gasteiger charge is 2.43. The number of aliphatic imine (C=N–C) groups is 1. The summed E-state index contributed by atoms with van der Waals surface area (Å²) in [6.07, 6.45) is 7.07. The minimum Gasteiger partial charge on any atom is -0.466 e. The molecule has 1 spiro atoms. The van der Waals surface area contributed by atoms with Gasteiger partial charge in [0, 0.05) is 25.3 Å². The van der Waals surface area contributed by atoms with Crippen LogP contribution in [0.1, 0.15) is 32.1 Å². The van der Waals surface area contributed by atoms with Gasteiger partial charge in [-0.15, -0.1) is 0 Å². The number of ether oxygens (including phenoxy) is 1. The van der Waals surface area contributed by atoms with Gasteiger partial charge in [0.2, 0.25) is 6.41 Å². The van der Waals surface area contributed by atoms with Crippen LogP contribution in [0.25, 0.3) is 0 Å². The van der Waals surface area contributed by atoms with E-state index in [2.05, 4.69) is 4.99 Å². The van der Waals surface area contributed by atoms with Crippen LogP contribution < -0.4 is 10.6 Å². The molecule has 0 radical (unpaired) electrons. The zero-order valence-electron chi connectivity index (χ0n) is 14.0. The van der Waals surface area contributed by atoms with E-state index >= 15 is 0 Å². The van der Waals surface area contributed by atoms with Crippen molar-refractivity contribution in [2.24, 2.45) is 10.7 Å². The van der Waals surface area contributed by atoms with E-state index in [9.17, 15) is 14.9 Å². The third-order valence-corrected chi connectivity index (χ3v) is 4.67. The predicted molar refractivity (Wildman–Crippen MR) is 93.8 cm³/mol. The smallest absolute Gasteiger partial charge is 0.271 e. The number of anilines is 1. The molecule has 2 aliphatic rings. The largest absolute Gasteiger partial charge is 0.466 e. The molecule has 1 saturated carbocycles. The van der Waals surface area contributed by atoms with Crippen molar-refractivity contribution in [2.75, 3.05) is 11.9 Å². The van der Waals surface area contributed by atoms with Crippen LogP contribution in [0.2, 0.25) is 0 Å². The number of rotatable bonds is 4. The van der Waals surface area contributed by atoms with Crippen LogP contribution in [0.4, 0.5) is 17.1 Å². The molecule has 1 aliphatic heterocycles. The van der Waals surface area contributed by atoms with Gasteiger partial charge in [0.05, 0.1) is 22.0 Å². The van der Waals surface area contributed by atoms with Crippen LogP contribution in [0, 0.1) is 10.1 Å². The van der Waals surface area contributed by atoms with Gasteiger partial charge >= 0.3 is 0 Å². The molecule has 1 fully saturated rings. The summed E-state index contributed by atoms with van der Waals surface area (Å²) >= 11 is 0. The van der Waals surface area contributed by atoms with Gasteiger partial charge in [-0.1, -0.05) is 6.42 Å². The van der Waals surface area contributed by atoms with E-state index in [0.29, 0.717) is 29.4 Å². The van der Waals surface area contributed by atoms with Crippen LogP contribution >= 0.6 is 0 Å². The van der Waals surface area contributed by atoms with E-state index in [1.165, 1.54) is 23.1 Å². The number of nitrogens with two attached hydrogens (primary N) is 1. The van der Waals surface area contributed by atoms with E-state index in [4.69, 9.17) is 10.5 Å². The average Bonchev–Trinajstić information content (AvgIpc) is 2.89. The lowest BCUT2D eigenvalue weighted by molar-refractivity contribution is -0.384. The fourth-order valence-corrected chi connectivity index (χ4v) is 3.39. The second-order valence-electron chi connectivity index (χ2n) is 6.35. The highest BCUT2D eigenvalue weighted by Crippen LogP contribution is 2.40. The lowest BCUT2D eigenvalue weighted by Gasteiger charge is -2.33. The fraction of sp³-hybridized carbons (Fsp3) is 0.412. The molecule has 25 heavy (non-hydrogen) atoms. The summed E-state index contributed by atoms with van der Waals surface area (Å²) in [5, 5.41) is 11.1. The number of benzene rings is 1. The van der Waals surface area contributed by atoms with Gasteiger partial charge in [0.15, 0.2) is 11.5 Å². The Morgan fingerprint density at radius 2 is 2.08 bits per heavy atom. The number of amides is 1. The minimum atomic E-state index is -0.566. The first-order valence-corrected chi connectivity index (χ1v) is 8.17. The Balaban J connectivity index is 2.10. The van der Waals surface area contributed by atoms with Crippen molar-refractivity contribution in [3.63, 3.8) is 0 Å². The minimum absolute atomic E-state index is 0.0871. The summed E-state index contributed by atoms with van der Waals surface area (Å²) in [5.41, 5.74) is 6.71. The molecule has 1 heterocycles. The maximum atomic E-state index is 11.1. The van der Waals surface area contributed by atoms with Crippen LogP contribution in [0.15, 0.2) is 35.2 Å². The standard InChI is InChI=1S/C17H20N4O4/c1-20(11-22)14-6-5-12(21(23)24)9-13(14)19-15-10-16(18)25-17(15)7-3-2-4-8-17/h5-6,9-11H,2-4,7-8,18H2,1H3. The molecule has 1 aliphatic carbocycles. The number of nitro groups is 1. The number of carbonyl (C=O) groups excluding carboxylic acids is 1. The van der Waals surface area contributed by atoms with Gasteiger partial charge in [0.1, 0.15) is 0 Å². The number of nitrogens with zero attached hydrogens (tertiary/aromatic N) is 3. The molecule has 0 aromatic heterocycles. The van der Waals surface area contributed by atoms with E-state index in [-0.39, 0.29) is 5.69 Å². The van der Waals surface area contributed by atoms with Crippen molar-refractivity contribution in [2.45, 2.75) is 37.7 Å². The summed E-state index contributed by atoms with van der Waals surface area (Å²) in [6.45, 7) is 0. The first-order valence-electron chi connectivity index (χ1n) is 8.17. The number of non-ortho nitro benzene ring substituents is 1. The fourth-order valence-electron chi connectivity index (χ4n) is 3.39. The highest BCUT2D eigenvalue weighted by molar-refractivity contribution is 6.06. The Morgan fingerprint density at radius 1 is 1.36 bits per heavy atom. The monoisotopic (exact) mass is 344 g/mol. The second kappa shape index (κ2) is 6.54. The van der Waals surface area contributed by atoms with Gasteiger partial charge in [0.25, 0.3) is 5.69 Å². The van der Waals surface area contributed by atoms with Gasteiger partial charge in [-0.05, 0) is 31.7 Å². The van der Waals surface area contributed by atoms with Gasteiger partial charge in [-0.3, -0.25) is 14.9 Å². The number of carbonyl (C=O) groups is 1. The third-order valence-electron chi connectivity index (χ3n) is 4.67. The molecule has 3 rings (SSSR count). The maximum Gasteiger partial charge on any atom is 0.271 e. The molecule has 0 bridgehead atoms. The Kier molecular flexibility index (Phi) is 4.43. The molecule has 1 aromatic rings. The van der Waals surface area contributed by atoms with Crippen LogP contribution in [-0.4, -0.2) is 29.7 Å². The first-order chi connectivity index (χ1) is 11.9. The van der Waals surface area contributed by atoms with Crippen molar-refractivity contribution < 1.29 is 14.5 Å². The lowest BCUT2D eigenvalue weighted by Crippen LogP contribution is -2.39. The van der Waals surface area contributed by atoms with Crippen LogP contribution in [0.5, 0.6) is 0 Å². The number of hydrogen-bond acceptors (Lipinski definition) is 6. The van der Waals surface area contributed by atoms with Gasteiger partial charge in [-0.2, -0.15) is 0 Å². The van der Waals surface area contributed by atoms with Crippen molar-refractivity contribution in [3.05, 3.63) is 40.3 Å². The van der Waals surface area contributed by atoms with E-state index < -0.39 is 10.5 Å². The SMILES string of the molecule is CN(C=O)c1ccc([N+](=O)[O-])cc1N=C1C=C(N)OC12CCCCC2. The number of hydrogen-bond donors (Lipinski definition) is 1. The number of nitro benzene ring substituents is 1. The lowest BCUT2D eigenvalue weighted by atomic mass is 9.82. The van der Waals surface area contributed by atoms with E-state index in [1.54, 1.807) is 13.1 Å². The third kappa shape index (κ3) is 3.19. The van der Waals surface area contributed by atoms with Crippen molar-refractivity contribution >= 4 is 29.2 Å². The topological polar surface area (TPSA) is 111 Å². The quantitative estimate of drug-likeness (QED) is 0.513. The normalized spacial score (nSPS) is 20.2. The average molecular weight is 344 g/mol. The maximum absolute atomic E-state index is 11.1. The molecule has 1 amide bonds. The molecule has 8 heteroatoms. The molecule has 2 N–H and O–H groups in total. The Labute approximate surface area is 145 Å². The van der Waals surface area contributed by atoms with Crippen molar-refractivity contribution in [1.82, 2.24) is 0 Å². The molecular formula is C17H20N4O4. The van der Waals surface area contributed by atoms with Crippen molar-refractivity contribution in [3.8, 4) is 0 Å². The van der Waals surface area contributed by atoms with E-state index in [1.807, 2.05) is 0 Å². The summed E-state index contributed by atoms with van der Waals surface area (Å²) in [4.78, 5) is 27.7. The molecule has 0 unspecified atom stereocenters. The first kappa shape index (κ1) is 16.9. The zero-order valence-corrected chi connectivity index (χ0v) is 14.0. The Hall–Kier alpha value is -2.90. The summed E-state index contributed by atoms with van der Waals surface area (Å²) in [6, 6.07) is 4.23. The summed E-state index contributed by atoms with van der Waals surface area (Å²) in [5.74, 6) is 0.302. The Morgan fingerprint density at radius 3 is 2.72 bits per heavy atom. The zero-order chi connectivity index (χ0) is 18.0. The van der Waals surface area contributed by atoms with Crippen LogP contribution in [0.3, 0.4) is 0 Å². The molecule has 8 nitrogen and oxygen atoms in total. The second-order valence-corrected chi connectivity index (χ2v) is 6.35. The summed E-state index contributed by atoms with van der Waals surface area (Å²) < 4.78 is 5.87. The van der Waals surface area contributed by atoms with Crippen molar-refractivity contribution in [1.29, 1.82) is 0 Å². The predicted octanol–water partition coefficient (Wildman–Crippen LogP) is 2.79. The molecular weight excluding hydrogens is 324 g/mol.